The van der Waals surface area contributed by atoms with E-state index in [1.54, 1.807) is 30.0 Å². The van der Waals surface area contributed by atoms with Crippen LogP contribution in [-0.4, -0.2) is 46.8 Å². The Balaban J connectivity index is 1.83. The summed E-state index contributed by atoms with van der Waals surface area (Å²) in [6, 6.07) is 7.15. The van der Waals surface area contributed by atoms with Crippen LogP contribution >= 0.6 is 23.2 Å². The number of nitrogens with one attached hydrogen (secondary N) is 1. The van der Waals surface area contributed by atoms with E-state index in [2.05, 4.69) is 9.97 Å². The summed E-state index contributed by atoms with van der Waals surface area (Å²) in [6.45, 7) is 2.18. The number of H-pyrrole nitrogens is 1. The molecule has 1 aliphatic rings. The minimum absolute atomic E-state index is 0.162. The second-order valence-corrected chi connectivity index (χ2v) is 8.25. The molecule has 4 N–H and O–H groups in total. The van der Waals surface area contributed by atoms with Gasteiger partial charge in [0.2, 0.25) is 0 Å². The van der Waals surface area contributed by atoms with Crippen molar-refractivity contribution in [2.75, 3.05) is 18.6 Å². The summed E-state index contributed by atoms with van der Waals surface area (Å²) in [5.74, 6) is 0.857. The van der Waals surface area contributed by atoms with E-state index >= 15 is 0 Å². The van der Waals surface area contributed by atoms with Crippen LogP contribution in [0, 0.1) is 6.92 Å². The van der Waals surface area contributed by atoms with Gasteiger partial charge in [-0.25, -0.2) is 14.6 Å². The Hall–Kier alpha value is -3.03. The van der Waals surface area contributed by atoms with Gasteiger partial charge in [0.05, 0.1) is 22.7 Å². The SMILES string of the molecule is COc1c(C(=O)O)nc(N2CCC(c3[nH]c(C)c(Cl)c3Cl)C(=C=O)C2N)c2ccccc12. The normalized spacial score (nSPS) is 18.7. The number of nitrogens with two attached hydrogens (primary N) is 1. The van der Waals surface area contributed by atoms with Crippen LogP contribution < -0.4 is 15.4 Å². The van der Waals surface area contributed by atoms with Crippen LogP contribution in [0.3, 0.4) is 0 Å². The van der Waals surface area contributed by atoms with Gasteiger partial charge in [-0.3, -0.25) is 0 Å². The number of carboxylic acids is 1. The number of piperidine rings is 1. The van der Waals surface area contributed by atoms with E-state index in [0.29, 0.717) is 51.0 Å². The van der Waals surface area contributed by atoms with Gasteiger partial charge in [0.25, 0.3) is 0 Å². The second-order valence-electron chi connectivity index (χ2n) is 7.50. The number of fused-ring (bicyclic) bond motifs is 1. The Labute approximate surface area is 193 Å². The van der Waals surface area contributed by atoms with Crippen LogP contribution in [0.2, 0.25) is 10.0 Å². The predicted octanol–water partition coefficient (Wildman–Crippen LogP) is 3.92. The van der Waals surface area contributed by atoms with Gasteiger partial charge in [0, 0.05) is 34.6 Å². The lowest BCUT2D eigenvalue weighted by Gasteiger charge is -2.39. The molecule has 0 bridgehead atoms. The number of carboxylic acid groups (broad SMARTS) is 1. The Morgan fingerprint density at radius 3 is 2.56 bits per heavy atom. The maximum Gasteiger partial charge on any atom is 0.358 e. The van der Waals surface area contributed by atoms with E-state index in [9.17, 15) is 14.7 Å². The number of methoxy groups -OCH3 is 1. The third-order valence-corrected chi connectivity index (χ3v) is 6.72. The van der Waals surface area contributed by atoms with Gasteiger partial charge >= 0.3 is 5.97 Å². The smallest absolute Gasteiger partial charge is 0.358 e. The van der Waals surface area contributed by atoms with Gasteiger partial charge in [0.15, 0.2) is 11.4 Å². The average molecular weight is 475 g/mol. The summed E-state index contributed by atoms with van der Waals surface area (Å²) in [4.78, 5) is 33.1. The van der Waals surface area contributed by atoms with E-state index in [1.807, 2.05) is 12.0 Å². The predicted molar refractivity (Wildman–Crippen MR) is 123 cm³/mol. The molecule has 3 heterocycles. The number of hydrogen-bond acceptors (Lipinski definition) is 6. The van der Waals surface area contributed by atoms with Crippen LogP contribution in [-0.2, 0) is 4.79 Å². The number of rotatable bonds is 4. The van der Waals surface area contributed by atoms with Gasteiger partial charge < -0.3 is 25.5 Å². The van der Waals surface area contributed by atoms with Crippen molar-refractivity contribution < 1.29 is 19.4 Å². The largest absolute Gasteiger partial charge is 0.494 e. The topological polar surface area (TPSA) is 122 Å². The number of aromatic amines is 1. The van der Waals surface area contributed by atoms with Crippen molar-refractivity contribution in [1.82, 2.24) is 9.97 Å². The van der Waals surface area contributed by atoms with Gasteiger partial charge in [-0.2, -0.15) is 0 Å². The summed E-state index contributed by atoms with van der Waals surface area (Å²) in [5.41, 5.74) is 7.84. The molecule has 3 aromatic rings. The molecule has 0 aliphatic carbocycles. The first-order valence-electron chi connectivity index (χ1n) is 9.80. The second kappa shape index (κ2) is 8.48. The first kappa shape index (κ1) is 22.2. The molecule has 1 aliphatic heterocycles. The van der Waals surface area contributed by atoms with E-state index in [4.69, 9.17) is 33.7 Å². The van der Waals surface area contributed by atoms with E-state index in [1.165, 1.54) is 7.11 Å². The highest BCUT2D eigenvalue weighted by atomic mass is 35.5. The number of benzene rings is 1. The first-order chi connectivity index (χ1) is 15.3. The Bertz CT molecular complexity index is 1280. The van der Waals surface area contributed by atoms with Crippen LogP contribution in [0.4, 0.5) is 5.82 Å². The first-order valence-corrected chi connectivity index (χ1v) is 10.6. The number of pyridine rings is 1. The third kappa shape index (κ3) is 3.42. The molecule has 166 valence electrons. The molecule has 2 unspecified atom stereocenters. The van der Waals surface area contributed by atoms with Crippen molar-refractivity contribution in [3.63, 3.8) is 0 Å². The van der Waals surface area contributed by atoms with Crippen molar-refractivity contribution >= 4 is 51.7 Å². The number of hydrogen-bond donors (Lipinski definition) is 3. The fourth-order valence-corrected chi connectivity index (χ4v) is 4.70. The van der Waals surface area contributed by atoms with Crippen molar-refractivity contribution in [3.05, 3.63) is 57.0 Å². The summed E-state index contributed by atoms with van der Waals surface area (Å²) in [6.07, 6.45) is -0.422. The lowest BCUT2D eigenvalue weighted by molar-refractivity contribution is 0.0687. The number of nitrogens with zero attached hydrogens (tertiary/aromatic N) is 2. The molecule has 2 atom stereocenters. The van der Waals surface area contributed by atoms with E-state index < -0.39 is 18.1 Å². The Morgan fingerprint density at radius 1 is 1.31 bits per heavy atom. The number of carbonyl (C=O) groups is 1. The summed E-state index contributed by atoms with van der Waals surface area (Å²) < 4.78 is 5.34. The Morgan fingerprint density at radius 2 is 2.00 bits per heavy atom. The number of aromatic nitrogens is 2. The molecular formula is C22H20Cl2N4O4. The maximum atomic E-state index is 12.0. The van der Waals surface area contributed by atoms with Gasteiger partial charge in [-0.05, 0) is 13.3 Å². The molecule has 0 radical (unpaired) electrons. The monoisotopic (exact) mass is 474 g/mol. The van der Waals surface area contributed by atoms with Crippen LogP contribution in [0.15, 0.2) is 29.8 Å². The zero-order valence-electron chi connectivity index (χ0n) is 17.3. The highest BCUT2D eigenvalue weighted by molar-refractivity contribution is 6.43. The minimum Gasteiger partial charge on any atom is -0.494 e. The molecule has 2 aromatic heterocycles. The maximum absolute atomic E-state index is 12.0. The molecule has 1 saturated heterocycles. The number of halogens is 2. The fourth-order valence-electron chi connectivity index (χ4n) is 4.23. The van der Waals surface area contributed by atoms with Crippen molar-refractivity contribution in [2.45, 2.75) is 25.4 Å². The molecule has 8 nitrogen and oxygen atoms in total. The molecule has 10 heteroatoms. The average Bonchev–Trinajstić information content (AvgIpc) is 3.04. The van der Waals surface area contributed by atoms with Crippen LogP contribution in [0.1, 0.15) is 34.2 Å². The standard InChI is InChI=1S/C22H20Cl2N4O4/c1-10-15(23)16(24)17(26-10)11-7-8-28(20(25)14(11)9-29)21-13-6-4-3-5-12(13)19(32-2)18(27-21)22(30)31/h3-6,11,20,26H,7-8,25H2,1-2H3,(H,30,31). The van der Waals surface area contributed by atoms with Crippen LogP contribution in [0.5, 0.6) is 5.75 Å². The lowest BCUT2D eigenvalue weighted by Crippen LogP contribution is -2.50. The molecule has 1 aromatic carbocycles. The molecule has 0 spiro atoms. The zero-order chi connectivity index (χ0) is 23.2. The van der Waals surface area contributed by atoms with Crippen molar-refractivity contribution in [3.8, 4) is 5.75 Å². The molecule has 32 heavy (non-hydrogen) atoms. The van der Waals surface area contributed by atoms with Gasteiger partial charge in [-0.1, -0.05) is 47.5 Å². The van der Waals surface area contributed by atoms with Gasteiger partial charge in [0.1, 0.15) is 17.9 Å². The molecule has 1 fully saturated rings. The van der Waals surface area contributed by atoms with E-state index in [0.717, 1.165) is 0 Å². The van der Waals surface area contributed by atoms with Crippen LogP contribution in [0.25, 0.3) is 10.8 Å². The highest BCUT2D eigenvalue weighted by Gasteiger charge is 2.37. The number of aromatic carboxylic acids is 1. The number of aryl methyl sites for hydroxylation is 1. The molecule has 4 rings (SSSR count). The zero-order valence-corrected chi connectivity index (χ0v) is 18.8. The molecular weight excluding hydrogens is 455 g/mol. The lowest BCUT2D eigenvalue weighted by atomic mass is 9.87. The number of carbonyl (C=O) groups excluding carboxylic acids is 1. The highest BCUT2D eigenvalue weighted by Crippen LogP contribution is 2.43. The van der Waals surface area contributed by atoms with Crippen molar-refractivity contribution in [1.29, 1.82) is 0 Å². The third-order valence-electron chi connectivity index (χ3n) is 5.76. The molecule has 0 saturated carbocycles. The van der Waals surface area contributed by atoms with Crippen molar-refractivity contribution in [2.24, 2.45) is 5.73 Å². The number of anilines is 1. The quantitative estimate of drug-likeness (QED) is 0.489. The van der Waals surface area contributed by atoms with Gasteiger partial charge in [-0.15, -0.1) is 0 Å². The Kier molecular flexibility index (Phi) is 5.88. The summed E-state index contributed by atoms with van der Waals surface area (Å²) >= 11 is 12.6. The summed E-state index contributed by atoms with van der Waals surface area (Å²) in [7, 11) is 1.40. The fraction of sp³-hybridized carbons (Fsp3) is 0.273. The molecule has 0 amide bonds. The minimum atomic E-state index is -1.23. The summed E-state index contributed by atoms with van der Waals surface area (Å²) in [5, 5.41) is 11.7. The number of ether oxygens (including phenoxy) is 1. The van der Waals surface area contributed by atoms with E-state index in [-0.39, 0.29) is 17.0 Å².